The Kier molecular flexibility index (Phi) is 4.80. The maximum Gasteiger partial charge on any atom is 0.107 e. The first kappa shape index (κ1) is 14.8. The third-order valence-corrected chi connectivity index (χ3v) is 6.60. The Labute approximate surface area is 127 Å². The van der Waals surface area contributed by atoms with Gasteiger partial charge < -0.3 is 5.73 Å². The van der Waals surface area contributed by atoms with E-state index in [1.165, 1.54) is 37.0 Å². The SMILES string of the molecule is CC(C)CC1(C(N)c2cc(Br)c(Cl)s2)CCCC1. The van der Waals surface area contributed by atoms with Crippen molar-refractivity contribution in [2.75, 3.05) is 0 Å². The number of thiophene rings is 1. The molecule has 0 bridgehead atoms. The summed E-state index contributed by atoms with van der Waals surface area (Å²) >= 11 is 11.3. The van der Waals surface area contributed by atoms with Crippen LogP contribution in [0.5, 0.6) is 0 Å². The average molecular weight is 351 g/mol. The summed E-state index contributed by atoms with van der Waals surface area (Å²) in [5.41, 5.74) is 6.89. The molecule has 2 rings (SSSR count). The van der Waals surface area contributed by atoms with E-state index in [-0.39, 0.29) is 6.04 Å². The van der Waals surface area contributed by atoms with Gasteiger partial charge in [0.15, 0.2) is 0 Å². The van der Waals surface area contributed by atoms with Crippen LogP contribution < -0.4 is 5.73 Å². The lowest BCUT2D eigenvalue weighted by molar-refractivity contribution is 0.185. The van der Waals surface area contributed by atoms with Gasteiger partial charge in [-0.15, -0.1) is 11.3 Å². The van der Waals surface area contributed by atoms with Gasteiger partial charge in [0, 0.05) is 15.4 Å². The quantitative estimate of drug-likeness (QED) is 0.733. The molecular weight excluding hydrogens is 330 g/mol. The molecule has 1 atom stereocenters. The Balaban J connectivity index is 2.25. The van der Waals surface area contributed by atoms with Crippen LogP contribution in [0.25, 0.3) is 0 Å². The number of hydrogen-bond donors (Lipinski definition) is 1. The van der Waals surface area contributed by atoms with Crippen molar-refractivity contribution in [1.82, 2.24) is 0 Å². The fourth-order valence-electron chi connectivity index (χ4n) is 3.35. The highest BCUT2D eigenvalue weighted by Crippen LogP contribution is 2.52. The van der Waals surface area contributed by atoms with Gasteiger partial charge in [-0.05, 0) is 52.6 Å². The molecule has 1 nitrogen and oxygen atoms in total. The lowest BCUT2D eigenvalue weighted by Gasteiger charge is -2.36. The Hall–Kier alpha value is 0.430. The van der Waals surface area contributed by atoms with Gasteiger partial charge in [-0.1, -0.05) is 38.3 Å². The summed E-state index contributed by atoms with van der Waals surface area (Å²) in [6, 6.07) is 2.24. The van der Waals surface area contributed by atoms with Crippen molar-refractivity contribution < 1.29 is 0 Å². The topological polar surface area (TPSA) is 26.0 Å². The second-order valence-corrected chi connectivity index (χ2v) is 8.46. The Morgan fingerprint density at radius 2 is 2.06 bits per heavy atom. The summed E-state index contributed by atoms with van der Waals surface area (Å²) in [7, 11) is 0. The molecule has 1 saturated carbocycles. The van der Waals surface area contributed by atoms with Crippen LogP contribution in [0.15, 0.2) is 10.5 Å². The van der Waals surface area contributed by atoms with Gasteiger partial charge >= 0.3 is 0 Å². The van der Waals surface area contributed by atoms with E-state index in [0.717, 1.165) is 8.81 Å². The van der Waals surface area contributed by atoms with Crippen LogP contribution in [0.1, 0.15) is 56.9 Å². The number of hydrogen-bond acceptors (Lipinski definition) is 2. The van der Waals surface area contributed by atoms with Crippen LogP contribution in [-0.4, -0.2) is 0 Å². The van der Waals surface area contributed by atoms with Crippen molar-refractivity contribution in [2.24, 2.45) is 17.1 Å². The van der Waals surface area contributed by atoms with Crippen molar-refractivity contribution in [3.05, 3.63) is 19.8 Å². The van der Waals surface area contributed by atoms with E-state index in [4.69, 9.17) is 17.3 Å². The highest BCUT2D eigenvalue weighted by molar-refractivity contribution is 9.10. The van der Waals surface area contributed by atoms with E-state index < -0.39 is 0 Å². The van der Waals surface area contributed by atoms with Crippen LogP contribution in [-0.2, 0) is 0 Å². The largest absolute Gasteiger partial charge is 0.323 e. The predicted molar refractivity (Wildman–Crippen MR) is 84.3 cm³/mol. The molecule has 0 radical (unpaired) electrons. The van der Waals surface area contributed by atoms with E-state index in [1.54, 1.807) is 11.3 Å². The second-order valence-electron chi connectivity index (χ2n) is 5.92. The van der Waals surface area contributed by atoms with E-state index in [2.05, 4.69) is 35.8 Å². The molecule has 1 heterocycles. The molecule has 0 amide bonds. The molecule has 0 aliphatic heterocycles. The van der Waals surface area contributed by atoms with Gasteiger partial charge in [-0.25, -0.2) is 0 Å². The number of halogens is 2. The predicted octanol–water partition coefficient (Wildman–Crippen LogP) is 5.77. The summed E-state index contributed by atoms with van der Waals surface area (Å²) in [5, 5.41) is 0. The van der Waals surface area contributed by atoms with E-state index in [1.807, 2.05) is 0 Å². The number of nitrogens with two attached hydrogens (primary N) is 1. The fourth-order valence-corrected chi connectivity index (χ4v) is 5.23. The van der Waals surface area contributed by atoms with Crippen molar-refractivity contribution in [3.63, 3.8) is 0 Å². The molecule has 18 heavy (non-hydrogen) atoms. The summed E-state index contributed by atoms with van der Waals surface area (Å²) in [4.78, 5) is 1.23. The van der Waals surface area contributed by atoms with E-state index in [0.29, 0.717) is 11.3 Å². The molecule has 0 aromatic carbocycles. The zero-order valence-electron chi connectivity index (χ0n) is 11.0. The summed E-state index contributed by atoms with van der Waals surface area (Å²) in [6.45, 7) is 4.59. The third kappa shape index (κ3) is 2.95. The first-order valence-electron chi connectivity index (χ1n) is 6.65. The van der Waals surface area contributed by atoms with Crippen molar-refractivity contribution in [2.45, 2.75) is 52.0 Å². The lowest BCUT2D eigenvalue weighted by atomic mass is 9.72. The number of rotatable bonds is 4. The third-order valence-electron chi connectivity index (χ3n) is 4.04. The Morgan fingerprint density at radius 1 is 1.44 bits per heavy atom. The normalized spacial score (nSPS) is 20.6. The second kappa shape index (κ2) is 5.82. The van der Waals surface area contributed by atoms with Crippen LogP contribution in [0.3, 0.4) is 0 Å². The zero-order chi connectivity index (χ0) is 13.3. The van der Waals surface area contributed by atoms with Gasteiger partial charge in [-0.2, -0.15) is 0 Å². The average Bonchev–Trinajstić information content (AvgIpc) is 2.86. The molecule has 1 aromatic rings. The molecule has 4 heteroatoms. The van der Waals surface area contributed by atoms with Crippen LogP contribution in [0, 0.1) is 11.3 Å². The molecule has 102 valence electrons. The van der Waals surface area contributed by atoms with Crippen LogP contribution in [0.4, 0.5) is 0 Å². The molecule has 1 fully saturated rings. The summed E-state index contributed by atoms with van der Waals surface area (Å²) in [6.07, 6.45) is 6.39. The minimum atomic E-state index is 0.135. The smallest absolute Gasteiger partial charge is 0.107 e. The van der Waals surface area contributed by atoms with Gasteiger partial charge in [0.05, 0.1) is 0 Å². The highest BCUT2D eigenvalue weighted by atomic mass is 79.9. The highest BCUT2D eigenvalue weighted by Gasteiger charge is 2.41. The molecule has 1 aromatic heterocycles. The molecule has 1 unspecified atom stereocenters. The first-order valence-corrected chi connectivity index (χ1v) is 8.64. The molecule has 0 spiro atoms. The minimum Gasteiger partial charge on any atom is -0.323 e. The van der Waals surface area contributed by atoms with E-state index >= 15 is 0 Å². The molecule has 0 saturated heterocycles. The monoisotopic (exact) mass is 349 g/mol. The zero-order valence-corrected chi connectivity index (χ0v) is 14.2. The fraction of sp³-hybridized carbons (Fsp3) is 0.714. The van der Waals surface area contributed by atoms with Crippen molar-refractivity contribution in [3.8, 4) is 0 Å². The maximum atomic E-state index is 6.60. The summed E-state index contributed by atoms with van der Waals surface area (Å²) in [5.74, 6) is 0.702. The van der Waals surface area contributed by atoms with E-state index in [9.17, 15) is 0 Å². The van der Waals surface area contributed by atoms with Gasteiger partial charge in [0.2, 0.25) is 0 Å². The van der Waals surface area contributed by atoms with Gasteiger partial charge in [0.1, 0.15) is 4.34 Å². The maximum absolute atomic E-state index is 6.60. The van der Waals surface area contributed by atoms with Crippen molar-refractivity contribution >= 4 is 38.9 Å². The summed E-state index contributed by atoms with van der Waals surface area (Å²) < 4.78 is 1.80. The van der Waals surface area contributed by atoms with Gasteiger partial charge in [-0.3, -0.25) is 0 Å². The molecule has 1 aliphatic carbocycles. The lowest BCUT2D eigenvalue weighted by Crippen LogP contribution is -2.33. The molecule has 2 N–H and O–H groups in total. The minimum absolute atomic E-state index is 0.135. The molecular formula is C14H21BrClNS. The molecule has 1 aliphatic rings. The first-order chi connectivity index (χ1) is 8.44. The Morgan fingerprint density at radius 3 is 2.50 bits per heavy atom. The van der Waals surface area contributed by atoms with Crippen LogP contribution >= 0.6 is 38.9 Å². The van der Waals surface area contributed by atoms with Crippen LogP contribution in [0.2, 0.25) is 4.34 Å². The Bertz CT molecular complexity index is 390. The standard InChI is InChI=1S/C14H21BrClNS/c1-9(2)8-14(5-3-4-6-14)12(17)11-7-10(15)13(16)18-11/h7,9,12H,3-6,8,17H2,1-2H3. The van der Waals surface area contributed by atoms with Gasteiger partial charge in [0.25, 0.3) is 0 Å². The van der Waals surface area contributed by atoms with Crippen molar-refractivity contribution in [1.29, 1.82) is 0 Å².